The van der Waals surface area contributed by atoms with Crippen LogP contribution in [0.15, 0.2) is 12.1 Å². The number of nitrogens with one attached hydrogen (secondary N) is 2. The Morgan fingerprint density at radius 3 is 2.35 bits per heavy atom. The summed E-state index contributed by atoms with van der Waals surface area (Å²) >= 11 is 12.3. The van der Waals surface area contributed by atoms with Crippen molar-refractivity contribution in [2.45, 2.75) is 33.7 Å². The highest BCUT2D eigenvalue weighted by atomic mass is 35.5. The minimum atomic E-state index is -0.265. The molecule has 0 saturated heterocycles. The van der Waals surface area contributed by atoms with Crippen LogP contribution in [0.25, 0.3) is 0 Å². The van der Waals surface area contributed by atoms with Crippen LogP contribution in [0.2, 0.25) is 10.0 Å². The molecule has 0 saturated carbocycles. The van der Waals surface area contributed by atoms with E-state index in [9.17, 15) is 9.59 Å². The Labute approximate surface area is 147 Å². The van der Waals surface area contributed by atoms with Crippen molar-refractivity contribution in [3.8, 4) is 0 Å². The molecule has 0 atom stereocenters. The third-order valence-electron chi connectivity index (χ3n) is 3.18. The molecular formula is C16H23Cl2N3O2. The molecule has 0 fully saturated rings. The van der Waals surface area contributed by atoms with Gasteiger partial charge >= 0.3 is 0 Å². The molecule has 7 heteroatoms. The van der Waals surface area contributed by atoms with Gasteiger partial charge in [-0.3, -0.25) is 14.5 Å². The number of carbonyl (C=O) groups is 2. The molecule has 2 amide bonds. The van der Waals surface area contributed by atoms with E-state index >= 15 is 0 Å². The van der Waals surface area contributed by atoms with Gasteiger partial charge in [0.15, 0.2) is 0 Å². The van der Waals surface area contributed by atoms with E-state index < -0.39 is 0 Å². The van der Waals surface area contributed by atoms with Crippen LogP contribution in [-0.4, -0.2) is 42.4 Å². The summed E-state index contributed by atoms with van der Waals surface area (Å²) in [6.07, 6.45) is 0. The van der Waals surface area contributed by atoms with Gasteiger partial charge in [-0.25, -0.2) is 0 Å². The zero-order valence-electron chi connectivity index (χ0n) is 13.9. The monoisotopic (exact) mass is 359 g/mol. The molecule has 1 aromatic carbocycles. The third-order valence-corrected chi connectivity index (χ3v) is 3.98. The quantitative estimate of drug-likeness (QED) is 0.786. The van der Waals surface area contributed by atoms with Gasteiger partial charge in [-0.15, -0.1) is 0 Å². The topological polar surface area (TPSA) is 61.4 Å². The number of likely N-dealkylation sites (N-methyl/N-ethyl adjacent to an activating group) is 1. The highest BCUT2D eigenvalue weighted by Crippen LogP contribution is 2.32. The Balaban J connectivity index is 2.68. The molecular weight excluding hydrogens is 337 g/mol. The maximum Gasteiger partial charge on any atom is 0.238 e. The summed E-state index contributed by atoms with van der Waals surface area (Å²) in [4.78, 5) is 25.7. The summed E-state index contributed by atoms with van der Waals surface area (Å²) in [5.74, 6) is -0.375. The molecule has 0 bridgehead atoms. The minimum Gasteiger partial charge on any atom is -0.353 e. The van der Waals surface area contributed by atoms with E-state index in [0.29, 0.717) is 22.3 Å². The van der Waals surface area contributed by atoms with Gasteiger partial charge in [0.1, 0.15) is 0 Å². The standard InChI is InChI=1S/C16H23Cl2N3O2/c1-5-21(8-13(22)19-10(2)3)9-14(23)20-16-12(17)7-6-11(4)15(16)18/h6-7,10H,5,8-9H2,1-4H3,(H,19,22)(H,20,23). The van der Waals surface area contributed by atoms with Crippen LogP contribution in [-0.2, 0) is 9.59 Å². The predicted molar refractivity (Wildman–Crippen MR) is 95.2 cm³/mol. The van der Waals surface area contributed by atoms with E-state index in [1.807, 2.05) is 27.7 Å². The van der Waals surface area contributed by atoms with E-state index in [1.165, 1.54) is 0 Å². The molecule has 5 nitrogen and oxygen atoms in total. The van der Waals surface area contributed by atoms with Crippen LogP contribution < -0.4 is 10.6 Å². The van der Waals surface area contributed by atoms with Gasteiger partial charge in [-0.05, 0) is 38.9 Å². The first-order valence-corrected chi connectivity index (χ1v) is 8.26. The number of halogens is 2. The molecule has 23 heavy (non-hydrogen) atoms. The second kappa shape index (κ2) is 9.11. The van der Waals surface area contributed by atoms with Gasteiger partial charge in [0, 0.05) is 6.04 Å². The van der Waals surface area contributed by atoms with Crippen molar-refractivity contribution in [3.05, 3.63) is 27.7 Å². The summed E-state index contributed by atoms with van der Waals surface area (Å²) < 4.78 is 0. The molecule has 128 valence electrons. The van der Waals surface area contributed by atoms with E-state index in [2.05, 4.69) is 10.6 Å². The Bertz CT molecular complexity index is 577. The van der Waals surface area contributed by atoms with E-state index in [-0.39, 0.29) is 30.9 Å². The lowest BCUT2D eigenvalue weighted by Crippen LogP contribution is -2.42. The molecule has 0 aliphatic heterocycles. The van der Waals surface area contributed by atoms with Gasteiger partial charge in [0.2, 0.25) is 11.8 Å². The molecule has 1 aromatic rings. The summed E-state index contributed by atoms with van der Waals surface area (Å²) in [5, 5.41) is 6.33. The Morgan fingerprint density at radius 2 is 1.78 bits per heavy atom. The molecule has 2 N–H and O–H groups in total. The van der Waals surface area contributed by atoms with Crippen molar-refractivity contribution in [1.29, 1.82) is 0 Å². The molecule has 0 aliphatic rings. The van der Waals surface area contributed by atoms with E-state index in [1.54, 1.807) is 17.0 Å². The predicted octanol–water partition coefficient (Wildman–Crippen LogP) is 3.09. The molecule has 0 heterocycles. The van der Waals surface area contributed by atoms with Crippen LogP contribution in [0.3, 0.4) is 0 Å². The van der Waals surface area contributed by atoms with Crippen LogP contribution in [0.5, 0.6) is 0 Å². The second-order valence-corrected chi connectivity index (χ2v) is 6.41. The van der Waals surface area contributed by atoms with Crippen LogP contribution in [0, 0.1) is 6.92 Å². The van der Waals surface area contributed by atoms with Crippen molar-refractivity contribution < 1.29 is 9.59 Å². The number of hydrogen-bond donors (Lipinski definition) is 2. The van der Waals surface area contributed by atoms with Crippen LogP contribution in [0.4, 0.5) is 5.69 Å². The van der Waals surface area contributed by atoms with Crippen molar-refractivity contribution in [1.82, 2.24) is 10.2 Å². The SMILES string of the molecule is CCN(CC(=O)Nc1c(Cl)ccc(C)c1Cl)CC(=O)NC(C)C. The highest BCUT2D eigenvalue weighted by Gasteiger charge is 2.16. The van der Waals surface area contributed by atoms with Crippen molar-refractivity contribution in [2.24, 2.45) is 0 Å². The van der Waals surface area contributed by atoms with Gasteiger partial charge in [0.25, 0.3) is 0 Å². The lowest BCUT2D eigenvalue weighted by atomic mass is 10.2. The first kappa shape index (κ1) is 19.7. The summed E-state index contributed by atoms with van der Waals surface area (Å²) in [6, 6.07) is 3.54. The van der Waals surface area contributed by atoms with E-state index in [0.717, 1.165) is 5.56 Å². The van der Waals surface area contributed by atoms with Crippen LogP contribution >= 0.6 is 23.2 Å². The normalized spacial score (nSPS) is 11.0. The number of hydrogen-bond acceptors (Lipinski definition) is 3. The fraction of sp³-hybridized carbons (Fsp3) is 0.500. The molecule has 0 aliphatic carbocycles. The Kier molecular flexibility index (Phi) is 7.82. The van der Waals surface area contributed by atoms with E-state index in [4.69, 9.17) is 23.2 Å². The van der Waals surface area contributed by atoms with Gasteiger partial charge in [-0.1, -0.05) is 36.2 Å². The maximum atomic E-state index is 12.2. The average molecular weight is 360 g/mol. The first-order chi connectivity index (χ1) is 10.7. The molecule has 0 unspecified atom stereocenters. The molecule has 0 radical (unpaired) electrons. The summed E-state index contributed by atoms with van der Waals surface area (Å²) in [7, 11) is 0. The molecule has 1 rings (SSSR count). The molecule has 0 aromatic heterocycles. The van der Waals surface area contributed by atoms with Gasteiger partial charge in [-0.2, -0.15) is 0 Å². The Hall–Kier alpha value is -1.30. The number of rotatable bonds is 7. The first-order valence-electron chi connectivity index (χ1n) is 7.50. The largest absolute Gasteiger partial charge is 0.353 e. The van der Waals surface area contributed by atoms with Crippen molar-refractivity contribution in [2.75, 3.05) is 25.0 Å². The smallest absolute Gasteiger partial charge is 0.238 e. The lowest BCUT2D eigenvalue weighted by molar-refractivity contribution is -0.123. The summed E-state index contributed by atoms with van der Waals surface area (Å²) in [5.41, 5.74) is 1.23. The number of anilines is 1. The zero-order chi connectivity index (χ0) is 17.6. The number of benzene rings is 1. The Morgan fingerprint density at radius 1 is 1.17 bits per heavy atom. The summed E-state index contributed by atoms with van der Waals surface area (Å²) in [6.45, 7) is 8.34. The number of carbonyl (C=O) groups excluding carboxylic acids is 2. The van der Waals surface area contributed by atoms with Crippen LogP contribution in [0.1, 0.15) is 26.3 Å². The van der Waals surface area contributed by atoms with Gasteiger partial charge < -0.3 is 10.6 Å². The van der Waals surface area contributed by atoms with Gasteiger partial charge in [0.05, 0.1) is 28.8 Å². The minimum absolute atomic E-state index is 0.0694. The lowest BCUT2D eigenvalue weighted by Gasteiger charge is -2.20. The zero-order valence-corrected chi connectivity index (χ0v) is 15.4. The number of aryl methyl sites for hydroxylation is 1. The second-order valence-electron chi connectivity index (χ2n) is 5.63. The number of nitrogens with zero attached hydrogens (tertiary/aromatic N) is 1. The van der Waals surface area contributed by atoms with Crippen molar-refractivity contribution >= 4 is 40.7 Å². The fourth-order valence-corrected chi connectivity index (χ4v) is 2.47. The average Bonchev–Trinajstić information content (AvgIpc) is 2.46. The molecule has 0 spiro atoms. The maximum absolute atomic E-state index is 12.2. The van der Waals surface area contributed by atoms with Crippen molar-refractivity contribution in [3.63, 3.8) is 0 Å². The highest BCUT2D eigenvalue weighted by molar-refractivity contribution is 6.40. The third kappa shape index (κ3) is 6.37. The number of amides is 2. The fourth-order valence-electron chi connectivity index (χ4n) is 2.00.